The van der Waals surface area contributed by atoms with E-state index >= 15 is 0 Å². The normalized spacial score (nSPS) is 17.8. The molecule has 1 fully saturated rings. The molecule has 1 saturated heterocycles. The van der Waals surface area contributed by atoms with Gasteiger partial charge in [0.1, 0.15) is 0 Å². The van der Waals surface area contributed by atoms with Crippen molar-refractivity contribution >= 4 is 17.2 Å². The van der Waals surface area contributed by atoms with Crippen molar-refractivity contribution in [2.45, 2.75) is 20.3 Å². The molecule has 0 spiro atoms. The Balaban J connectivity index is 1.71. The Hall–Kier alpha value is -1.66. The maximum atomic E-state index is 12.6. The van der Waals surface area contributed by atoms with Crippen LogP contribution in [0.5, 0.6) is 0 Å². The van der Waals surface area contributed by atoms with Gasteiger partial charge in [0.15, 0.2) is 5.69 Å². The summed E-state index contributed by atoms with van der Waals surface area (Å²) in [5.74, 6) is 0.437. The van der Waals surface area contributed by atoms with Crippen molar-refractivity contribution in [3.8, 4) is 10.6 Å². The number of nitrogens with one attached hydrogen (secondary N) is 1. The molecule has 1 aliphatic heterocycles. The summed E-state index contributed by atoms with van der Waals surface area (Å²) in [5, 5.41) is 7.18. The molecular formula is C16H21N3O2S. The van der Waals surface area contributed by atoms with Gasteiger partial charge in [-0.05, 0) is 38.5 Å². The van der Waals surface area contributed by atoms with Crippen LogP contribution >= 0.6 is 11.3 Å². The summed E-state index contributed by atoms with van der Waals surface area (Å²) in [5.41, 5.74) is 1.39. The molecule has 0 aromatic carbocycles. The smallest absolute Gasteiger partial charge is 0.274 e. The molecule has 0 radical (unpaired) electrons. The Morgan fingerprint density at radius 1 is 1.55 bits per heavy atom. The number of nitrogens with zero attached hydrogens (tertiary/aromatic N) is 2. The van der Waals surface area contributed by atoms with E-state index in [1.54, 1.807) is 11.3 Å². The molecule has 3 rings (SSSR count). The highest BCUT2D eigenvalue weighted by Gasteiger charge is 2.24. The van der Waals surface area contributed by atoms with Gasteiger partial charge in [0.2, 0.25) is 0 Å². The summed E-state index contributed by atoms with van der Waals surface area (Å²) < 4.78 is 5.39. The zero-order valence-corrected chi connectivity index (χ0v) is 13.8. The first-order valence-electron chi connectivity index (χ1n) is 7.66. The largest absolute Gasteiger partial charge is 0.381 e. The number of ether oxygens (including phenoxy) is 1. The van der Waals surface area contributed by atoms with Crippen molar-refractivity contribution < 1.29 is 9.53 Å². The molecule has 2 aromatic heterocycles. The molecule has 5 nitrogen and oxygen atoms in total. The van der Waals surface area contributed by atoms with Crippen molar-refractivity contribution in [1.29, 1.82) is 0 Å². The minimum absolute atomic E-state index is 0.00909. The van der Waals surface area contributed by atoms with Crippen molar-refractivity contribution in [2.24, 2.45) is 5.92 Å². The Morgan fingerprint density at radius 2 is 2.41 bits per heavy atom. The topological polar surface area (TPSA) is 58.2 Å². The highest BCUT2D eigenvalue weighted by Crippen LogP contribution is 2.26. The van der Waals surface area contributed by atoms with Crippen LogP contribution in [0.1, 0.15) is 28.7 Å². The molecule has 0 aliphatic carbocycles. The number of hydrogen-bond donors (Lipinski definition) is 1. The number of aromatic nitrogens is 2. The minimum atomic E-state index is -0.00909. The predicted molar refractivity (Wildman–Crippen MR) is 87.1 cm³/mol. The Kier molecular flexibility index (Phi) is 4.59. The minimum Gasteiger partial charge on any atom is -0.381 e. The van der Waals surface area contributed by atoms with Gasteiger partial charge in [0.05, 0.1) is 17.2 Å². The first-order valence-corrected chi connectivity index (χ1v) is 8.48. The van der Waals surface area contributed by atoms with Crippen LogP contribution in [0.3, 0.4) is 0 Å². The van der Waals surface area contributed by atoms with Crippen molar-refractivity contribution in [1.82, 2.24) is 15.1 Å². The zero-order valence-electron chi connectivity index (χ0n) is 13.0. The third-order valence-electron chi connectivity index (χ3n) is 3.97. The third-order valence-corrected chi connectivity index (χ3v) is 5.01. The first-order chi connectivity index (χ1) is 10.7. The highest BCUT2D eigenvalue weighted by molar-refractivity contribution is 7.15. The zero-order chi connectivity index (χ0) is 15.5. The number of aryl methyl sites for hydroxylation is 1. The van der Waals surface area contributed by atoms with Gasteiger partial charge in [-0.2, -0.15) is 5.10 Å². The average Bonchev–Trinajstić information content (AvgIpc) is 3.25. The van der Waals surface area contributed by atoms with Crippen LogP contribution in [0.15, 0.2) is 18.2 Å². The molecule has 2 aromatic rings. The second-order valence-corrected chi connectivity index (χ2v) is 6.94. The molecule has 1 aliphatic rings. The molecule has 0 bridgehead atoms. The maximum Gasteiger partial charge on any atom is 0.274 e. The van der Waals surface area contributed by atoms with E-state index in [1.165, 1.54) is 4.88 Å². The lowest BCUT2D eigenvalue weighted by atomic mass is 10.1. The standard InChI is InChI=1S/C16H21N3O2S/c1-3-19(9-12-6-7-21-10-12)16(20)14-8-13(17-18-14)15-5-4-11(2)22-15/h4-5,8,12H,3,6-7,9-10H2,1-2H3,(H,17,18)/t12-/m0/s1. The quantitative estimate of drug-likeness (QED) is 0.922. The molecule has 0 saturated carbocycles. The fourth-order valence-corrected chi connectivity index (χ4v) is 3.53. The number of carbonyl (C=O) groups excluding carboxylic acids is 1. The second kappa shape index (κ2) is 6.62. The van der Waals surface area contributed by atoms with Crippen LogP contribution in [0.2, 0.25) is 0 Å². The van der Waals surface area contributed by atoms with Gasteiger partial charge in [-0.25, -0.2) is 0 Å². The summed E-state index contributed by atoms with van der Waals surface area (Å²) in [6.45, 7) is 7.07. The monoisotopic (exact) mass is 319 g/mol. The van der Waals surface area contributed by atoms with Crippen molar-refractivity contribution in [3.05, 3.63) is 28.8 Å². The van der Waals surface area contributed by atoms with Gasteiger partial charge in [-0.1, -0.05) is 0 Å². The Bertz CT molecular complexity index is 643. The number of amides is 1. The molecule has 1 N–H and O–H groups in total. The third kappa shape index (κ3) is 3.23. The van der Waals surface area contributed by atoms with Crippen LogP contribution in [0.4, 0.5) is 0 Å². The van der Waals surface area contributed by atoms with E-state index in [2.05, 4.69) is 29.3 Å². The number of carbonyl (C=O) groups is 1. The Labute approximate surface area is 134 Å². The number of H-pyrrole nitrogens is 1. The Morgan fingerprint density at radius 3 is 3.05 bits per heavy atom. The fourth-order valence-electron chi connectivity index (χ4n) is 2.69. The number of aromatic amines is 1. The van der Waals surface area contributed by atoms with Crippen LogP contribution in [-0.4, -0.2) is 47.3 Å². The van der Waals surface area contributed by atoms with Crippen LogP contribution in [0.25, 0.3) is 10.6 Å². The van der Waals surface area contributed by atoms with E-state index in [4.69, 9.17) is 4.74 Å². The van der Waals surface area contributed by atoms with Gasteiger partial charge in [-0.15, -0.1) is 11.3 Å². The van der Waals surface area contributed by atoms with E-state index in [1.807, 2.05) is 17.9 Å². The van der Waals surface area contributed by atoms with E-state index in [9.17, 15) is 4.79 Å². The number of hydrogen-bond acceptors (Lipinski definition) is 4. The second-order valence-electron chi connectivity index (χ2n) is 5.65. The molecule has 3 heterocycles. The van der Waals surface area contributed by atoms with E-state index in [-0.39, 0.29) is 5.91 Å². The lowest BCUT2D eigenvalue weighted by Gasteiger charge is -2.22. The van der Waals surface area contributed by atoms with Crippen LogP contribution in [0, 0.1) is 12.8 Å². The van der Waals surface area contributed by atoms with Crippen LogP contribution in [-0.2, 0) is 4.74 Å². The molecule has 6 heteroatoms. The number of thiophene rings is 1. The lowest BCUT2D eigenvalue weighted by Crippen LogP contribution is -2.35. The van der Waals surface area contributed by atoms with Gasteiger partial charge < -0.3 is 9.64 Å². The molecule has 0 unspecified atom stereocenters. The number of rotatable bonds is 5. The molecule has 22 heavy (non-hydrogen) atoms. The van der Waals surface area contributed by atoms with Crippen molar-refractivity contribution in [3.63, 3.8) is 0 Å². The molecular weight excluding hydrogens is 298 g/mol. The molecule has 1 atom stereocenters. The van der Waals surface area contributed by atoms with Crippen molar-refractivity contribution in [2.75, 3.05) is 26.3 Å². The highest BCUT2D eigenvalue weighted by atomic mass is 32.1. The predicted octanol–water partition coefficient (Wildman–Crippen LogP) is 2.95. The van der Waals surface area contributed by atoms with E-state index in [0.717, 1.165) is 36.8 Å². The van der Waals surface area contributed by atoms with Gasteiger partial charge in [0, 0.05) is 30.5 Å². The first kappa shape index (κ1) is 15.2. The average molecular weight is 319 g/mol. The maximum absolute atomic E-state index is 12.6. The van der Waals surface area contributed by atoms with Gasteiger partial charge >= 0.3 is 0 Å². The summed E-state index contributed by atoms with van der Waals surface area (Å²) in [4.78, 5) is 16.8. The lowest BCUT2D eigenvalue weighted by molar-refractivity contribution is 0.0725. The van der Waals surface area contributed by atoms with E-state index in [0.29, 0.717) is 18.2 Å². The van der Waals surface area contributed by atoms with Gasteiger partial charge in [-0.3, -0.25) is 9.89 Å². The summed E-state index contributed by atoms with van der Waals surface area (Å²) in [7, 11) is 0. The fraction of sp³-hybridized carbons (Fsp3) is 0.500. The molecule has 1 amide bonds. The van der Waals surface area contributed by atoms with Crippen LogP contribution < -0.4 is 0 Å². The van der Waals surface area contributed by atoms with E-state index < -0.39 is 0 Å². The summed E-state index contributed by atoms with van der Waals surface area (Å²) >= 11 is 1.69. The molecule has 118 valence electrons. The van der Waals surface area contributed by atoms with Gasteiger partial charge in [0.25, 0.3) is 5.91 Å². The summed E-state index contributed by atoms with van der Waals surface area (Å²) in [6, 6.07) is 5.97. The SMILES string of the molecule is CCN(C[C@@H]1CCOC1)C(=O)c1cc(-c2ccc(C)s2)[nH]n1. The summed E-state index contributed by atoms with van der Waals surface area (Å²) in [6.07, 6.45) is 1.03.